The average Bonchev–Trinajstić information content (AvgIpc) is 2.05. The number of benzene rings is 1. The first-order valence-corrected chi connectivity index (χ1v) is 8.19. The molecule has 0 saturated heterocycles. The zero-order chi connectivity index (χ0) is 6.81. The van der Waals surface area contributed by atoms with Crippen LogP contribution in [-0.2, 0) is 6.42 Å². The molecule has 0 radical (unpaired) electrons. The third-order valence-electron chi connectivity index (χ3n) is 1.55. The summed E-state index contributed by atoms with van der Waals surface area (Å²) in [5.74, 6) is 0. The molecule has 0 aliphatic carbocycles. The third-order valence-corrected chi connectivity index (χ3v) is 6.60. The number of hydrogen-bond acceptors (Lipinski definition) is 1. The molecule has 1 aliphatic rings. The molecule has 0 atom stereocenters. The van der Waals surface area contributed by atoms with E-state index in [0.717, 1.165) is 0 Å². The van der Waals surface area contributed by atoms with Crippen molar-refractivity contribution in [2.75, 3.05) is 4.43 Å². The fourth-order valence-electron chi connectivity index (χ4n) is 1.02. The predicted molar refractivity (Wildman–Crippen MR) is 40.9 cm³/mol. The molecule has 1 aliphatic heterocycles. The van der Waals surface area contributed by atoms with Crippen molar-refractivity contribution in [2.24, 2.45) is 0 Å². The Hall–Kier alpha value is 0.300. The van der Waals surface area contributed by atoms with Crippen molar-refractivity contribution in [3.63, 3.8) is 0 Å². The molecule has 0 aromatic heterocycles. The zero-order valence-electron chi connectivity index (χ0n) is 5.51. The van der Waals surface area contributed by atoms with Crippen molar-refractivity contribution in [3.8, 4) is 0 Å². The van der Waals surface area contributed by atoms with Gasteiger partial charge in [-0.05, 0) is 0 Å². The van der Waals surface area contributed by atoms with Crippen LogP contribution in [0.3, 0.4) is 0 Å². The normalized spacial score (nSPS) is 17.2. The quantitative estimate of drug-likeness (QED) is 0.442. The van der Waals surface area contributed by atoms with Crippen LogP contribution in [0.4, 0.5) is 0 Å². The molecule has 1 aromatic rings. The Balaban J connectivity index is 2.41. The fourth-order valence-corrected chi connectivity index (χ4v) is 5.89. The van der Waals surface area contributed by atoms with Crippen LogP contribution in [-0.4, -0.2) is 4.43 Å². The van der Waals surface area contributed by atoms with Crippen LogP contribution < -0.4 is 19.8 Å². The van der Waals surface area contributed by atoms with Crippen molar-refractivity contribution < 1.29 is 19.8 Å². The van der Waals surface area contributed by atoms with Crippen molar-refractivity contribution in [1.29, 1.82) is 0 Å². The van der Waals surface area contributed by atoms with Gasteiger partial charge in [0.05, 0.1) is 0 Å². The van der Waals surface area contributed by atoms with Crippen LogP contribution in [0.5, 0.6) is 0 Å². The van der Waals surface area contributed by atoms with E-state index in [1.165, 1.54) is 10.8 Å². The maximum atomic E-state index is 2.26. The number of fused-ring (bicyclic) bond motifs is 1. The Kier molecular flexibility index (Phi) is 2.19. The number of hydrogen-bond donors (Lipinski definition) is 0. The van der Waals surface area contributed by atoms with Gasteiger partial charge in [0.25, 0.3) is 0 Å². The number of halogens is 1. The second-order valence-corrected chi connectivity index (χ2v) is 7.31. The van der Waals surface area contributed by atoms with E-state index < -0.39 is 0 Å². The van der Waals surface area contributed by atoms with E-state index in [4.69, 9.17) is 0 Å². The van der Waals surface area contributed by atoms with Gasteiger partial charge in [-0.25, -0.2) is 0 Å². The monoisotopic (exact) mass is 263 g/mol. The second-order valence-electron chi connectivity index (χ2n) is 2.23. The minimum absolute atomic E-state index is 0.442. The summed E-state index contributed by atoms with van der Waals surface area (Å²) >= 11 is 0.442. The SMILES string of the molecule is c1ccc2c(c1)CC[I-]S2. The fraction of sp³-hybridized carbons (Fsp3) is 0.250. The van der Waals surface area contributed by atoms with Crippen LogP contribution in [0.1, 0.15) is 5.56 Å². The van der Waals surface area contributed by atoms with Crippen LogP contribution >= 0.6 is 8.93 Å². The van der Waals surface area contributed by atoms with Crippen LogP contribution in [0, 0.1) is 0 Å². The Morgan fingerprint density at radius 3 is 3.10 bits per heavy atom. The summed E-state index contributed by atoms with van der Waals surface area (Å²) in [6.07, 6.45) is 1.33. The van der Waals surface area contributed by atoms with Gasteiger partial charge in [0.2, 0.25) is 0 Å². The van der Waals surface area contributed by atoms with E-state index >= 15 is 0 Å². The first-order chi connectivity index (χ1) is 4.97. The van der Waals surface area contributed by atoms with E-state index in [0.29, 0.717) is 19.8 Å². The van der Waals surface area contributed by atoms with Gasteiger partial charge in [0.15, 0.2) is 0 Å². The molecule has 0 N–H and O–H groups in total. The predicted octanol–water partition coefficient (Wildman–Crippen LogP) is -0.661. The molecular formula is C8H8IS-. The molecule has 0 fully saturated rings. The molecule has 2 rings (SSSR count). The van der Waals surface area contributed by atoms with Gasteiger partial charge in [0, 0.05) is 0 Å². The summed E-state index contributed by atoms with van der Waals surface area (Å²) < 4.78 is 1.46. The molecule has 0 nitrogen and oxygen atoms in total. The van der Waals surface area contributed by atoms with E-state index in [1.54, 1.807) is 10.5 Å². The minimum atomic E-state index is 0.442. The Bertz CT molecular complexity index is 209. The summed E-state index contributed by atoms with van der Waals surface area (Å²) in [5, 5.41) is 0. The van der Waals surface area contributed by atoms with Gasteiger partial charge in [-0.1, -0.05) is 0 Å². The molecule has 1 heterocycles. The maximum absolute atomic E-state index is 2.26. The summed E-state index contributed by atoms with van der Waals surface area (Å²) in [7, 11) is 2.10. The number of alkyl halides is 1. The summed E-state index contributed by atoms with van der Waals surface area (Å²) in [6.45, 7) is 0. The van der Waals surface area contributed by atoms with Crippen molar-refractivity contribution >= 4 is 8.93 Å². The van der Waals surface area contributed by atoms with Crippen molar-refractivity contribution in [3.05, 3.63) is 29.8 Å². The molecule has 54 valence electrons. The first kappa shape index (κ1) is 6.98. The van der Waals surface area contributed by atoms with Crippen molar-refractivity contribution in [1.82, 2.24) is 0 Å². The van der Waals surface area contributed by atoms with Gasteiger partial charge in [-0.2, -0.15) is 0 Å². The molecule has 10 heavy (non-hydrogen) atoms. The van der Waals surface area contributed by atoms with E-state index in [2.05, 4.69) is 33.2 Å². The molecule has 0 unspecified atom stereocenters. The molecular weight excluding hydrogens is 255 g/mol. The molecule has 2 heteroatoms. The summed E-state index contributed by atoms with van der Waals surface area (Å²) in [5.41, 5.74) is 1.57. The van der Waals surface area contributed by atoms with Crippen LogP contribution in [0.25, 0.3) is 0 Å². The second kappa shape index (κ2) is 3.13. The molecule has 0 saturated carbocycles. The van der Waals surface area contributed by atoms with Crippen molar-refractivity contribution in [2.45, 2.75) is 11.3 Å². The third kappa shape index (κ3) is 1.32. The van der Waals surface area contributed by atoms with Gasteiger partial charge in [-0.15, -0.1) is 0 Å². The summed E-state index contributed by atoms with van der Waals surface area (Å²) in [6, 6.07) is 8.79. The van der Waals surface area contributed by atoms with E-state index in [1.807, 2.05) is 0 Å². The van der Waals surface area contributed by atoms with Crippen LogP contribution in [0.15, 0.2) is 29.2 Å². The Labute approximate surface area is 74.1 Å². The van der Waals surface area contributed by atoms with Gasteiger partial charge >= 0.3 is 74.3 Å². The molecule has 0 spiro atoms. The number of aryl methyl sites for hydroxylation is 1. The number of rotatable bonds is 0. The van der Waals surface area contributed by atoms with E-state index in [-0.39, 0.29) is 0 Å². The standard InChI is InChI=1S/C8H8IS/c1-2-4-8-7(3-1)5-6-9-10-8/h1-4H,5-6H2/q-1. The molecule has 0 amide bonds. The first-order valence-electron chi connectivity index (χ1n) is 3.31. The Morgan fingerprint density at radius 2 is 2.20 bits per heavy atom. The molecule has 1 aromatic carbocycles. The Morgan fingerprint density at radius 1 is 1.30 bits per heavy atom. The van der Waals surface area contributed by atoms with Gasteiger partial charge < -0.3 is 0 Å². The molecule has 0 bridgehead atoms. The van der Waals surface area contributed by atoms with E-state index in [9.17, 15) is 0 Å². The average molecular weight is 263 g/mol. The zero-order valence-corrected chi connectivity index (χ0v) is 8.48. The van der Waals surface area contributed by atoms with Gasteiger partial charge in [-0.3, -0.25) is 0 Å². The van der Waals surface area contributed by atoms with Gasteiger partial charge in [0.1, 0.15) is 0 Å². The van der Waals surface area contributed by atoms with Crippen LogP contribution in [0.2, 0.25) is 0 Å². The summed E-state index contributed by atoms with van der Waals surface area (Å²) in [4.78, 5) is 1.54. The topological polar surface area (TPSA) is 0 Å².